The minimum absolute atomic E-state index is 0.0793. The molecule has 3 saturated carbocycles. The molecule has 174 valence electrons. The second kappa shape index (κ2) is 6.68. The van der Waals surface area contributed by atoms with E-state index in [2.05, 4.69) is 52.1 Å². The number of alkyl halides is 2. The molecule has 2 unspecified atom stereocenters. The zero-order chi connectivity index (χ0) is 23.4. The summed E-state index contributed by atoms with van der Waals surface area (Å²) in [6, 6.07) is 6.34. The summed E-state index contributed by atoms with van der Waals surface area (Å²) in [5.41, 5.74) is 11.9. The van der Waals surface area contributed by atoms with Crippen molar-refractivity contribution in [3.05, 3.63) is 60.3 Å². The van der Waals surface area contributed by atoms with Crippen LogP contribution in [0.3, 0.4) is 0 Å². The van der Waals surface area contributed by atoms with Crippen molar-refractivity contribution in [2.24, 2.45) is 17.8 Å². The van der Waals surface area contributed by atoms with E-state index < -0.39 is 17.8 Å². The van der Waals surface area contributed by atoms with Crippen molar-refractivity contribution in [3.63, 3.8) is 0 Å². The molecule has 1 aromatic carbocycles. The summed E-state index contributed by atoms with van der Waals surface area (Å²) in [7, 11) is 0. The fraction of sp³-hybridized carbons (Fsp3) is 0.407. The first-order valence-corrected chi connectivity index (χ1v) is 12.1. The number of imidazole rings is 1. The molecular formula is C27H27F2N5. The zero-order valence-electron chi connectivity index (χ0n) is 19.1. The third-order valence-electron chi connectivity index (χ3n) is 8.52. The number of aromatic nitrogens is 3. The van der Waals surface area contributed by atoms with Gasteiger partial charge in [0.2, 0.25) is 0 Å². The Morgan fingerprint density at radius 2 is 1.91 bits per heavy atom. The first-order chi connectivity index (χ1) is 16.3. The molecule has 0 spiro atoms. The highest BCUT2D eigenvalue weighted by Crippen LogP contribution is 2.65. The van der Waals surface area contributed by atoms with Crippen LogP contribution in [0.15, 0.2) is 43.4 Å². The van der Waals surface area contributed by atoms with E-state index in [1.807, 2.05) is 12.4 Å². The van der Waals surface area contributed by atoms with Crippen LogP contribution in [-0.4, -0.2) is 31.2 Å². The molecular weight excluding hydrogens is 432 g/mol. The average Bonchev–Trinajstić information content (AvgIpc) is 3.19. The smallest absolute Gasteiger partial charge is 0.254 e. The van der Waals surface area contributed by atoms with Crippen LogP contribution in [0.5, 0.6) is 0 Å². The summed E-state index contributed by atoms with van der Waals surface area (Å²) in [5, 5.41) is 0. The summed E-state index contributed by atoms with van der Waals surface area (Å²) in [6.07, 6.45) is 11.0. The number of rotatable bonds is 3. The number of nitrogen functional groups attached to an aromatic ring is 1. The molecule has 0 amide bonds. The van der Waals surface area contributed by atoms with Gasteiger partial charge in [-0.1, -0.05) is 25.6 Å². The van der Waals surface area contributed by atoms with Crippen molar-refractivity contribution in [3.8, 4) is 11.3 Å². The van der Waals surface area contributed by atoms with Crippen LogP contribution in [0.1, 0.15) is 55.5 Å². The highest BCUT2D eigenvalue weighted by molar-refractivity contribution is 5.88. The SMILES string of the molecule is C=C1c2cc(-c3nc(C4CC(C)C4)n4ccnc(N)c34)ccc2C=CN1C1CC2C(C1)C2(F)F. The van der Waals surface area contributed by atoms with Crippen LogP contribution < -0.4 is 5.73 Å². The molecule has 2 N–H and O–H groups in total. The molecule has 5 nitrogen and oxygen atoms in total. The van der Waals surface area contributed by atoms with Gasteiger partial charge in [-0.15, -0.1) is 0 Å². The van der Waals surface area contributed by atoms with E-state index in [-0.39, 0.29) is 6.04 Å². The molecule has 7 heteroatoms. The Morgan fingerprint density at radius 3 is 2.65 bits per heavy atom. The number of hydrogen-bond acceptors (Lipinski definition) is 4. The van der Waals surface area contributed by atoms with E-state index in [1.165, 1.54) is 0 Å². The second-order valence-corrected chi connectivity index (χ2v) is 10.6. The third kappa shape index (κ3) is 2.70. The predicted octanol–water partition coefficient (Wildman–Crippen LogP) is 5.79. The van der Waals surface area contributed by atoms with Crippen molar-refractivity contribution < 1.29 is 8.78 Å². The van der Waals surface area contributed by atoms with Crippen LogP contribution in [0.4, 0.5) is 14.6 Å². The van der Waals surface area contributed by atoms with Crippen LogP contribution in [0.25, 0.3) is 28.5 Å². The minimum Gasteiger partial charge on any atom is -0.382 e. The Balaban J connectivity index is 1.26. The fourth-order valence-corrected chi connectivity index (χ4v) is 6.53. The first-order valence-electron chi connectivity index (χ1n) is 12.1. The number of nitrogens with zero attached hydrogens (tertiary/aromatic N) is 4. The number of halogens is 2. The Kier molecular flexibility index (Phi) is 3.96. The van der Waals surface area contributed by atoms with Crippen molar-refractivity contribution in [2.75, 3.05) is 5.73 Å². The predicted molar refractivity (Wildman–Crippen MR) is 129 cm³/mol. The Hall–Kier alpha value is -3.22. The Bertz CT molecular complexity index is 1370. The van der Waals surface area contributed by atoms with Crippen molar-refractivity contribution in [1.82, 2.24) is 19.3 Å². The zero-order valence-corrected chi connectivity index (χ0v) is 19.1. The number of anilines is 1. The Labute approximate surface area is 197 Å². The molecule has 0 saturated heterocycles. The largest absolute Gasteiger partial charge is 0.382 e. The van der Waals surface area contributed by atoms with Crippen LogP contribution in [0.2, 0.25) is 0 Å². The molecule has 1 aliphatic heterocycles. The average molecular weight is 460 g/mol. The summed E-state index contributed by atoms with van der Waals surface area (Å²) in [6.45, 7) is 6.63. The van der Waals surface area contributed by atoms with Crippen molar-refractivity contribution >= 4 is 23.1 Å². The first kappa shape index (κ1) is 20.2. The van der Waals surface area contributed by atoms with Gasteiger partial charge in [0, 0.05) is 59.2 Å². The number of benzene rings is 1. The highest BCUT2D eigenvalue weighted by atomic mass is 19.3. The summed E-state index contributed by atoms with van der Waals surface area (Å²) in [5.74, 6) is -0.747. The molecule has 2 aromatic heterocycles. The van der Waals surface area contributed by atoms with E-state index in [9.17, 15) is 8.78 Å². The lowest BCUT2D eigenvalue weighted by Crippen LogP contribution is -2.31. The summed E-state index contributed by atoms with van der Waals surface area (Å²) in [4.78, 5) is 11.5. The van der Waals surface area contributed by atoms with Gasteiger partial charge in [-0.3, -0.25) is 4.40 Å². The number of nitrogens with two attached hydrogens (primary N) is 1. The van der Waals surface area contributed by atoms with Gasteiger partial charge in [-0.25, -0.2) is 18.7 Å². The lowest BCUT2D eigenvalue weighted by molar-refractivity contribution is 0.0624. The minimum atomic E-state index is -2.46. The lowest BCUT2D eigenvalue weighted by atomic mass is 9.76. The summed E-state index contributed by atoms with van der Waals surface area (Å²) < 4.78 is 29.6. The summed E-state index contributed by atoms with van der Waals surface area (Å²) >= 11 is 0. The molecule has 4 aliphatic rings. The van der Waals surface area contributed by atoms with E-state index in [0.717, 1.165) is 52.3 Å². The lowest BCUT2D eigenvalue weighted by Gasteiger charge is -2.34. The van der Waals surface area contributed by atoms with E-state index in [0.29, 0.717) is 30.5 Å². The van der Waals surface area contributed by atoms with Crippen LogP contribution >= 0.6 is 0 Å². The van der Waals surface area contributed by atoms with Crippen LogP contribution in [-0.2, 0) is 0 Å². The normalized spacial score (nSPS) is 30.9. The highest BCUT2D eigenvalue weighted by Gasteiger charge is 2.72. The van der Waals surface area contributed by atoms with Gasteiger partial charge in [0.25, 0.3) is 5.92 Å². The molecule has 3 heterocycles. The van der Waals surface area contributed by atoms with E-state index in [4.69, 9.17) is 10.7 Å². The van der Waals surface area contributed by atoms with E-state index >= 15 is 0 Å². The van der Waals surface area contributed by atoms with Crippen molar-refractivity contribution in [2.45, 2.75) is 50.5 Å². The molecule has 34 heavy (non-hydrogen) atoms. The molecule has 2 atom stereocenters. The van der Waals surface area contributed by atoms with Crippen LogP contribution in [0, 0.1) is 17.8 Å². The topological polar surface area (TPSA) is 59.5 Å². The van der Waals surface area contributed by atoms with Gasteiger partial charge < -0.3 is 10.6 Å². The van der Waals surface area contributed by atoms with E-state index in [1.54, 1.807) is 6.20 Å². The molecule has 3 fully saturated rings. The van der Waals surface area contributed by atoms with Gasteiger partial charge in [-0.2, -0.15) is 0 Å². The molecule has 3 aliphatic carbocycles. The van der Waals surface area contributed by atoms with Gasteiger partial charge in [0.1, 0.15) is 22.9 Å². The molecule has 3 aromatic rings. The monoisotopic (exact) mass is 459 g/mol. The quantitative estimate of drug-likeness (QED) is 0.538. The fourth-order valence-electron chi connectivity index (χ4n) is 6.53. The number of hydrogen-bond donors (Lipinski definition) is 1. The second-order valence-electron chi connectivity index (χ2n) is 10.6. The van der Waals surface area contributed by atoms with Gasteiger partial charge in [0.05, 0.1) is 0 Å². The van der Waals surface area contributed by atoms with Gasteiger partial charge >= 0.3 is 0 Å². The maximum Gasteiger partial charge on any atom is 0.254 e. The molecule has 7 rings (SSSR count). The van der Waals surface area contributed by atoms with Gasteiger partial charge in [-0.05, 0) is 49.3 Å². The third-order valence-corrected chi connectivity index (χ3v) is 8.52. The Morgan fingerprint density at radius 1 is 1.15 bits per heavy atom. The standard InChI is InChI=1S/C27H27F2N5/c1-14-9-18(10-14)26-32-23(24-25(30)31-6-8-34(24)26)17-4-3-16-5-7-33(15(2)20(16)11-17)19-12-21-22(13-19)27(21,28)29/h3-8,11,14,18-19,21-22H,2,9-10,12-13H2,1H3,(H2,30,31). The van der Waals surface area contributed by atoms with Gasteiger partial charge in [0.15, 0.2) is 0 Å². The maximum absolute atomic E-state index is 13.7. The molecule has 0 bridgehead atoms. The number of fused-ring (bicyclic) bond motifs is 3. The van der Waals surface area contributed by atoms with Crippen molar-refractivity contribution in [1.29, 1.82) is 0 Å². The maximum atomic E-state index is 13.7. The molecule has 0 radical (unpaired) electrons.